The van der Waals surface area contributed by atoms with Crippen molar-refractivity contribution in [3.8, 4) is 0 Å². The molecule has 0 radical (unpaired) electrons. The standard InChI is InChI=1S/C9H16O3/c1-4-8(5-10)6(2)7(3)9(11)12/h8,10H,4-5H2,1-3H3,(H,11,12)/b7-6+. The minimum atomic E-state index is -0.903. The van der Waals surface area contributed by atoms with E-state index in [-0.39, 0.29) is 12.5 Å². The molecule has 3 heteroatoms. The van der Waals surface area contributed by atoms with Crippen LogP contribution in [0, 0.1) is 5.92 Å². The predicted octanol–water partition coefficient (Wildman–Crippen LogP) is 1.43. The fraction of sp³-hybridized carbons (Fsp3) is 0.667. The van der Waals surface area contributed by atoms with Crippen molar-refractivity contribution in [1.29, 1.82) is 0 Å². The lowest BCUT2D eigenvalue weighted by atomic mass is 9.95. The van der Waals surface area contributed by atoms with Gasteiger partial charge in [-0.15, -0.1) is 0 Å². The summed E-state index contributed by atoms with van der Waals surface area (Å²) in [5, 5.41) is 17.6. The Morgan fingerprint density at radius 1 is 1.42 bits per heavy atom. The summed E-state index contributed by atoms with van der Waals surface area (Å²) in [5.74, 6) is -0.916. The van der Waals surface area contributed by atoms with E-state index in [2.05, 4.69) is 0 Å². The van der Waals surface area contributed by atoms with Crippen molar-refractivity contribution >= 4 is 5.97 Å². The molecule has 0 aliphatic rings. The van der Waals surface area contributed by atoms with Crippen molar-refractivity contribution in [3.63, 3.8) is 0 Å². The van der Waals surface area contributed by atoms with E-state index in [1.165, 1.54) is 0 Å². The van der Waals surface area contributed by atoms with Gasteiger partial charge in [-0.25, -0.2) is 4.79 Å². The zero-order chi connectivity index (χ0) is 9.72. The van der Waals surface area contributed by atoms with Gasteiger partial charge in [-0.1, -0.05) is 12.5 Å². The van der Waals surface area contributed by atoms with Crippen LogP contribution in [0.5, 0.6) is 0 Å². The van der Waals surface area contributed by atoms with Gasteiger partial charge < -0.3 is 10.2 Å². The molecule has 0 bridgehead atoms. The highest BCUT2D eigenvalue weighted by molar-refractivity contribution is 5.86. The third-order valence-corrected chi connectivity index (χ3v) is 2.24. The molecule has 0 aromatic rings. The van der Waals surface area contributed by atoms with Gasteiger partial charge in [0.15, 0.2) is 0 Å². The van der Waals surface area contributed by atoms with E-state index in [1.807, 2.05) is 6.92 Å². The van der Waals surface area contributed by atoms with Crippen LogP contribution in [-0.4, -0.2) is 22.8 Å². The molecule has 0 spiro atoms. The molecule has 0 rings (SSSR count). The minimum absolute atomic E-state index is 0.0129. The van der Waals surface area contributed by atoms with Crippen LogP contribution >= 0.6 is 0 Å². The van der Waals surface area contributed by atoms with Gasteiger partial charge in [0.25, 0.3) is 0 Å². The largest absolute Gasteiger partial charge is 0.478 e. The van der Waals surface area contributed by atoms with Crippen LogP contribution in [0.2, 0.25) is 0 Å². The molecule has 0 aromatic heterocycles. The summed E-state index contributed by atoms with van der Waals surface area (Å²) in [5.41, 5.74) is 1.11. The molecule has 12 heavy (non-hydrogen) atoms. The molecule has 0 aliphatic carbocycles. The number of aliphatic hydroxyl groups is 1. The molecule has 0 heterocycles. The smallest absolute Gasteiger partial charge is 0.331 e. The molecule has 70 valence electrons. The molecule has 0 aliphatic heterocycles. The highest BCUT2D eigenvalue weighted by atomic mass is 16.4. The van der Waals surface area contributed by atoms with Crippen LogP contribution in [0.3, 0.4) is 0 Å². The topological polar surface area (TPSA) is 57.5 Å². The second kappa shape index (κ2) is 4.93. The van der Waals surface area contributed by atoms with Crippen molar-refractivity contribution < 1.29 is 15.0 Å². The summed E-state index contributed by atoms with van der Waals surface area (Å²) in [6, 6.07) is 0. The number of hydrogen-bond acceptors (Lipinski definition) is 2. The van der Waals surface area contributed by atoms with Crippen LogP contribution in [0.1, 0.15) is 27.2 Å². The summed E-state index contributed by atoms with van der Waals surface area (Å²) in [6.45, 7) is 5.27. The van der Waals surface area contributed by atoms with Crippen molar-refractivity contribution in [2.45, 2.75) is 27.2 Å². The molecular weight excluding hydrogens is 156 g/mol. The number of rotatable bonds is 4. The monoisotopic (exact) mass is 172 g/mol. The Morgan fingerprint density at radius 3 is 2.17 bits per heavy atom. The van der Waals surface area contributed by atoms with Gasteiger partial charge in [0.05, 0.1) is 0 Å². The highest BCUT2D eigenvalue weighted by Gasteiger charge is 2.12. The van der Waals surface area contributed by atoms with Crippen molar-refractivity contribution in [1.82, 2.24) is 0 Å². The lowest BCUT2D eigenvalue weighted by Gasteiger charge is -2.13. The van der Waals surface area contributed by atoms with Crippen LogP contribution in [-0.2, 0) is 4.79 Å². The highest BCUT2D eigenvalue weighted by Crippen LogP contribution is 2.17. The number of carboxylic acids is 1. The van der Waals surface area contributed by atoms with Gasteiger partial charge in [-0.05, 0) is 20.3 Å². The Labute approximate surface area is 72.7 Å². The molecule has 2 N–H and O–H groups in total. The fourth-order valence-electron chi connectivity index (χ4n) is 1.05. The Hall–Kier alpha value is -0.830. The van der Waals surface area contributed by atoms with E-state index < -0.39 is 5.97 Å². The fourth-order valence-corrected chi connectivity index (χ4v) is 1.05. The summed E-state index contributed by atoms with van der Waals surface area (Å²) in [4.78, 5) is 10.5. The molecule has 0 aromatic carbocycles. The lowest BCUT2D eigenvalue weighted by molar-refractivity contribution is -0.132. The van der Waals surface area contributed by atoms with Crippen LogP contribution in [0.15, 0.2) is 11.1 Å². The van der Waals surface area contributed by atoms with E-state index in [0.717, 1.165) is 12.0 Å². The average Bonchev–Trinajstić information content (AvgIpc) is 2.05. The normalized spacial score (nSPS) is 15.3. The first-order valence-corrected chi connectivity index (χ1v) is 4.06. The number of hydrogen-bond donors (Lipinski definition) is 2. The van der Waals surface area contributed by atoms with Gasteiger partial charge in [0.1, 0.15) is 0 Å². The van der Waals surface area contributed by atoms with Crippen LogP contribution in [0.25, 0.3) is 0 Å². The number of carbonyl (C=O) groups is 1. The Kier molecular flexibility index (Phi) is 4.59. The minimum Gasteiger partial charge on any atom is -0.478 e. The van der Waals surface area contributed by atoms with Crippen molar-refractivity contribution in [3.05, 3.63) is 11.1 Å². The van der Waals surface area contributed by atoms with Crippen LogP contribution < -0.4 is 0 Å². The predicted molar refractivity (Wildman–Crippen MR) is 46.9 cm³/mol. The number of aliphatic carboxylic acids is 1. The summed E-state index contributed by atoms with van der Waals surface area (Å²) in [6.07, 6.45) is 0.771. The van der Waals surface area contributed by atoms with Crippen LogP contribution in [0.4, 0.5) is 0 Å². The maximum absolute atomic E-state index is 10.5. The van der Waals surface area contributed by atoms with Gasteiger partial charge >= 0.3 is 5.97 Å². The summed E-state index contributed by atoms with van der Waals surface area (Å²) >= 11 is 0. The zero-order valence-electron chi connectivity index (χ0n) is 7.79. The summed E-state index contributed by atoms with van der Waals surface area (Å²) in [7, 11) is 0. The third-order valence-electron chi connectivity index (χ3n) is 2.24. The maximum Gasteiger partial charge on any atom is 0.331 e. The molecule has 0 fully saturated rings. The zero-order valence-corrected chi connectivity index (χ0v) is 7.79. The van der Waals surface area contributed by atoms with Gasteiger partial charge in [0.2, 0.25) is 0 Å². The molecule has 3 nitrogen and oxygen atoms in total. The van der Waals surface area contributed by atoms with E-state index >= 15 is 0 Å². The van der Waals surface area contributed by atoms with E-state index in [0.29, 0.717) is 5.57 Å². The molecule has 0 saturated heterocycles. The molecule has 1 atom stereocenters. The Morgan fingerprint density at radius 2 is 1.92 bits per heavy atom. The lowest BCUT2D eigenvalue weighted by Crippen LogP contribution is -2.11. The third kappa shape index (κ3) is 2.66. The van der Waals surface area contributed by atoms with Crippen molar-refractivity contribution in [2.75, 3.05) is 6.61 Å². The first-order valence-electron chi connectivity index (χ1n) is 4.06. The molecule has 1 unspecified atom stereocenters. The number of carboxylic acid groups (broad SMARTS) is 1. The number of aliphatic hydroxyl groups excluding tert-OH is 1. The Bertz CT molecular complexity index is 190. The SMILES string of the molecule is CCC(CO)/C(C)=C(\C)C(=O)O. The summed E-state index contributed by atoms with van der Waals surface area (Å²) < 4.78 is 0. The van der Waals surface area contributed by atoms with Gasteiger partial charge in [0, 0.05) is 18.1 Å². The second-order valence-electron chi connectivity index (χ2n) is 2.90. The average molecular weight is 172 g/mol. The van der Waals surface area contributed by atoms with Gasteiger partial charge in [-0.2, -0.15) is 0 Å². The van der Waals surface area contributed by atoms with E-state index in [1.54, 1.807) is 13.8 Å². The molecule has 0 amide bonds. The molecule has 0 saturated carbocycles. The first-order chi connectivity index (χ1) is 5.54. The first kappa shape index (κ1) is 11.2. The Balaban J connectivity index is 4.62. The second-order valence-corrected chi connectivity index (χ2v) is 2.90. The van der Waals surface area contributed by atoms with Gasteiger partial charge in [-0.3, -0.25) is 0 Å². The quantitative estimate of drug-likeness (QED) is 0.630. The maximum atomic E-state index is 10.5. The molecular formula is C9H16O3. The van der Waals surface area contributed by atoms with E-state index in [4.69, 9.17) is 10.2 Å². The van der Waals surface area contributed by atoms with Crippen molar-refractivity contribution in [2.24, 2.45) is 5.92 Å². The van der Waals surface area contributed by atoms with E-state index in [9.17, 15) is 4.79 Å².